The smallest absolute Gasteiger partial charge is 0.314 e. The van der Waals surface area contributed by atoms with Crippen LogP contribution >= 0.6 is 0 Å². The Kier molecular flexibility index (Phi) is 2.34. The molecule has 1 aliphatic rings. The lowest BCUT2D eigenvalue weighted by molar-refractivity contribution is -0.147. The highest BCUT2D eigenvalue weighted by molar-refractivity contribution is 5.83. The second-order valence-electron chi connectivity index (χ2n) is 3.82. The summed E-state index contributed by atoms with van der Waals surface area (Å²) in [6.07, 6.45) is 5.50. The minimum atomic E-state index is -0.778. The second kappa shape index (κ2) is 3.53. The minimum Gasteiger partial charge on any atom is -0.496 e. The molecule has 1 saturated carbocycles. The van der Waals surface area contributed by atoms with Crippen LogP contribution < -0.4 is 4.74 Å². The number of hydrogen-bond acceptors (Lipinski definition) is 3. The van der Waals surface area contributed by atoms with Crippen molar-refractivity contribution < 1.29 is 14.6 Å². The fourth-order valence-corrected chi connectivity index (χ4v) is 2.05. The van der Waals surface area contributed by atoms with Gasteiger partial charge in [0.2, 0.25) is 0 Å². The van der Waals surface area contributed by atoms with Crippen molar-refractivity contribution in [1.29, 1.82) is 0 Å². The largest absolute Gasteiger partial charge is 0.496 e. The molecule has 2 rings (SSSR count). The molecule has 0 saturated heterocycles. The molecule has 0 aliphatic heterocycles. The number of ether oxygens (including phenoxy) is 1. The van der Waals surface area contributed by atoms with E-state index < -0.39 is 11.4 Å². The van der Waals surface area contributed by atoms with Crippen molar-refractivity contribution >= 4 is 5.97 Å². The minimum absolute atomic E-state index is 0.618. The Labute approximate surface area is 87.9 Å². The van der Waals surface area contributed by atoms with Gasteiger partial charge in [-0.3, -0.25) is 9.78 Å². The van der Waals surface area contributed by atoms with Gasteiger partial charge in [-0.25, -0.2) is 0 Å². The van der Waals surface area contributed by atoms with E-state index >= 15 is 0 Å². The fraction of sp³-hybridized carbons (Fsp3) is 0.455. The summed E-state index contributed by atoms with van der Waals surface area (Å²) in [7, 11) is 1.55. The van der Waals surface area contributed by atoms with Crippen molar-refractivity contribution in [2.45, 2.75) is 24.7 Å². The zero-order valence-corrected chi connectivity index (χ0v) is 8.56. The number of carboxylic acids is 1. The van der Waals surface area contributed by atoms with Crippen molar-refractivity contribution in [3.63, 3.8) is 0 Å². The number of hydrogen-bond donors (Lipinski definition) is 1. The third-order valence-corrected chi connectivity index (χ3v) is 3.13. The predicted octanol–water partition coefficient (Wildman–Crippen LogP) is 1.60. The van der Waals surface area contributed by atoms with Crippen LogP contribution in [0.15, 0.2) is 18.5 Å². The van der Waals surface area contributed by atoms with Crippen LogP contribution in [-0.4, -0.2) is 23.2 Å². The van der Waals surface area contributed by atoms with Gasteiger partial charge in [0.1, 0.15) is 5.75 Å². The lowest BCUT2D eigenvalue weighted by atomic mass is 9.64. The highest BCUT2D eigenvalue weighted by Crippen LogP contribution is 2.46. The van der Waals surface area contributed by atoms with Gasteiger partial charge in [0.25, 0.3) is 0 Å². The number of aliphatic carboxylic acids is 1. The Morgan fingerprint density at radius 1 is 1.60 bits per heavy atom. The summed E-state index contributed by atoms with van der Waals surface area (Å²) in [5.74, 6) is -0.160. The van der Waals surface area contributed by atoms with Gasteiger partial charge in [-0.2, -0.15) is 0 Å². The number of rotatable bonds is 3. The Morgan fingerprint density at radius 3 is 2.80 bits per heavy atom. The number of carboxylic acid groups (broad SMARTS) is 1. The van der Waals surface area contributed by atoms with Crippen molar-refractivity contribution in [3.8, 4) is 5.75 Å². The van der Waals surface area contributed by atoms with Crippen LogP contribution in [0.3, 0.4) is 0 Å². The SMILES string of the molecule is COc1ccncc1C1(C(=O)O)CCC1. The molecular formula is C11H13NO3. The molecule has 1 aromatic rings. The second-order valence-corrected chi connectivity index (χ2v) is 3.82. The van der Waals surface area contributed by atoms with Gasteiger partial charge in [0, 0.05) is 18.0 Å². The molecule has 1 heterocycles. The predicted molar refractivity (Wildman–Crippen MR) is 54.0 cm³/mol. The Morgan fingerprint density at radius 2 is 2.33 bits per heavy atom. The molecule has 0 amide bonds. The molecule has 4 heteroatoms. The zero-order chi connectivity index (χ0) is 10.9. The summed E-state index contributed by atoms with van der Waals surface area (Å²) >= 11 is 0. The maximum absolute atomic E-state index is 11.3. The third-order valence-electron chi connectivity index (χ3n) is 3.13. The van der Waals surface area contributed by atoms with Crippen LogP contribution in [0.25, 0.3) is 0 Å². The van der Waals surface area contributed by atoms with Crippen molar-refractivity contribution in [2.24, 2.45) is 0 Å². The molecule has 1 fully saturated rings. The average molecular weight is 207 g/mol. The Balaban J connectivity index is 2.47. The van der Waals surface area contributed by atoms with E-state index in [1.165, 1.54) is 0 Å². The van der Waals surface area contributed by atoms with Crippen LogP contribution in [-0.2, 0) is 10.2 Å². The van der Waals surface area contributed by atoms with Crippen LogP contribution in [0.5, 0.6) is 5.75 Å². The van der Waals surface area contributed by atoms with E-state index in [2.05, 4.69) is 4.98 Å². The molecule has 0 spiro atoms. The van der Waals surface area contributed by atoms with E-state index in [9.17, 15) is 9.90 Å². The molecule has 1 aliphatic carbocycles. The normalized spacial score (nSPS) is 17.9. The van der Waals surface area contributed by atoms with Gasteiger partial charge in [0.05, 0.1) is 12.5 Å². The molecule has 0 unspecified atom stereocenters. The Hall–Kier alpha value is -1.58. The highest BCUT2D eigenvalue weighted by Gasteiger charge is 2.47. The van der Waals surface area contributed by atoms with Crippen LogP contribution in [0, 0.1) is 0 Å². The molecule has 0 aromatic carbocycles. The third kappa shape index (κ3) is 1.37. The number of nitrogens with zero attached hydrogens (tertiary/aromatic N) is 1. The van der Waals surface area contributed by atoms with Crippen LogP contribution in [0.2, 0.25) is 0 Å². The number of pyridine rings is 1. The van der Waals surface area contributed by atoms with Crippen LogP contribution in [0.1, 0.15) is 24.8 Å². The molecule has 1 N–H and O–H groups in total. The molecular weight excluding hydrogens is 194 g/mol. The maximum Gasteiger partial charge on any atom is 0.314 e. The van der Waals surface area contributed by atoms with E-state index in [1.54, 1.807) is 25.6 Å². The summed E-state index contributed by atoms with van der Waals surface area (Å²) in [5.41, 5.74) is -0.0641. The topological polar surface area (TPSA) is 59.4 Å². The summed E-state index contributed by atoms with van der Waals surface area (Å²) < 4.78 is 5.17. The zero-order valence-electron chi connectivity index (χ0n) is 8.56. The first-order valence-corrected chi connectivity index (χ1v) is 4.92. The number of aromatic nitrogens is 1. The first-order chi connectivity index (χ1) is 7.20. The van der Waals surface area contributed by atoms with Gasteiger partial charge < -0.3 is 9.84 Å². The maximum atomic E-state index is 11.3. The van der Waals surface area contributed by atoms with Gasteiger partial charge in [-0.1, -0.05) is 6.42 Å². The van der Waals surface area contributed by atoms with Gasteiger partial charge in [-0.05, 0) is 18.9 Å². The summed E-state index contributed by atoms with van der Waals surface area (Å²) in [5, 5.41) is 9.27. The lowest BCUT2D eigenvalue weighted by Crippen LogP contribution is -2.42. The number of carbonyl (C=O) groups is 1. The van der Waals surface area contributed by atoms with Crippen molar-refractivity contribution in [3.05, 3.63) is 24.0 Å². The van der Waals surface area contributed by atoms with E-state index in [-0.39, 0.29) is 0 Å². The molecule has 0 radical (unpaired) electrons. The molecule has 15 heavy (non-hydrogen) atoms. The summed E-state index contributed by atoms with van der Waals surface area (Å²) in [6.45, 7) is 0. The summed E-state index contributed by atoms with van der Waals surface area (Å²) in [4.78, 5) is 15.3. The summed E-state index contributed by atoms with van der Waals surface area (Å²) in [6, 6.07) is 1.71. The fourth-order valence-electron chi connectivity index (χ4n) is 2.05. The van der Waals surface area contributed by atoms with E-state index in [4.69, 9.17) is 4.74 Å². The highest BCUT2D eigenvalue weighted by atomic mass is 16.5. The first-order valence-electron chi connectivity index (χ1n) is 4.92. The molecule has 0 bridgehead atoms. The molecule has 1 aromatic heterocycles. The molecule has 4 nitrogen and oxygen atoms in total. The van der Waals surface area contributed by atoms with Crippen LogP contribution in [0.4, 0.5) is 0 Å². The van der Waals surface area contributed by atoms with Crippen molar-refractivity contribution in [1.82, 2.24) is 4.98 Å². The first kappa shape index (κ1) is 9.96. The quantitative estimate of drug-likeness (QED) is 0.817. The van der Waals surface area contributed by atoms with Gasteiger partial charge in [-0.15, -0.1) is 0 Å². The van der Waals surface area contributed by atoms with E-state index in [0.29, 0.717) is 24.2 Å². The lowest BCUT2D eigenvalue weighted by Gasteiger charge is -2.38. The standard InChI is InChI=1S/C11H13NO3/c1-15-9-3-6-12-7-8(9)11(10(13)14)4-2-5-11/h3,6-7H,2,4-5H2,1H3,(H,13,14). The van der Waals surface area contributed by atoms with Gasteiger partial charge >= 0.3 is 5.97 Å². The van der Waals surface area contributed by atoms with E-state index in [1.807, 2.05) is 0 Å². The van der Waals surface area contributed by atoms with Crippen molar-refractivity contribution in [2.75, 3.05) is 7.11 Å². The molecule has 80 valence electrons. The van der Waals surface area contributed by atoms with E-state index in [0.717, 1.165) is 6.42 Å². The number of methoxy groups -OCH3 is 1. The average Bonchev–Trinajstić information content (AvgIpc) is 2.16. The monoisotopic (exact) mass is 207 g/mol. The Bertz CT molecular complexity index is 385. The molecule has 0 atom stereocenters. The van der Waals surface area contributed by atoms with Gasteiger partial charge in [0.15, 0.2) is 0 Å².